The summed E-state index contributed by atoms with van der Waals surface area (Å²) in [4.78, 5) is 34.4. The molecule has 0 aliphatic carbocycles. The van der Waals surface area contributed by atoms with Crippen LogP contribution >= 0.6 is 0 Å². The largest absolute Gasteiger partial charge is 0.463 e. The molecule has 0 radical (unpaired) electrons. The Labute approximate surface area is 101 Å². The van der Waals surface area contributed by atoms with Crippen molar-refractivity contribution in [1.82, 2.24) is 9.55 Å². The second-order valence-corrected chi connectivity index (χ2v) is 3.45. The highest BCUT2D eigenvalue weighted by Gasteiger charge is 2.10. The number of ether oxygens (including phenoxy) is 2. The normalized spacial score (nSPS) is 12.2. The van der Waals surface area contributed by atoms with Crippen molar-refractivity contribution >= 4 is 5.97 Å². The van der Waals surface area contributed by atoms with Crippen LogP contribution < -0.4 is 11.2 Å². The predicted molar refractivity (Wildman–Crippen MR) is 58.6 cm³/mol. The van der Waals surface area contributed by atoms with Crippen molar-refractivity contribution in [3.05, 3.63) is 32.9 Å². The molecule has 1 heterocycles. The van der Waals surface area contributed by atoms with Crippen LogP contribution in [-0.4, -0.2) is 28.7 Å². The van der Waals surface area contributed by atoms with E-state index >= 15 is 0 Å². The lowest BCUT2D eigenvalue weighted by atomic mass is 10.5. The van der Waals surface area contributed by atoms with Gasteiger partial charge in [-0.3, -0.25) is 19.1 Å². The molecule has 0 bridgehead atoms. The van der Waals surface area contributed by atoms with Crippen molar-refractivity contribution in [1.29, 1.82) is 0 Å². The van der Waals surface area contributed by atoms with Gasteiger partial charge in [0.15, 0.2) is 0 Å². The van der Waals surface area contributed by atoms with Crippen LogP contribution in [0.2, 0.25) is 0 Å². The van der Waals surface area contributed by atoms with Crippen LogP contribution in [0.3, 0.4) is 0 Å². The van der Waals surface area contributed by atoms with Crippen molar-refractivity contribution in [2.75, 3.05) is 13.2 Å². The molecule has 7 nitrogen and oxygen atoms in total. The molecule has 100 valence electrons. The molecule has 1 unspecified atom stereocenters. The van der Waals surface area contributed by atoms with Crippen LogP contribution in [0.4, 0.5) is 4.39 Å². The molecule has 1 aromatic rings. The van der Waals surface area contributed by atoms with Gasteiger partial charge in [-0.15, -0.1) is 0 Å². The number of nitrogens with zero attached hydrogens (tertiary/aromatic N) is 1. The third-order valence-corrected chi connectivity index (χ3v) is 2.06. The van der Waals surface area contributed by atoms with Gasteiger partial charge in [0, 0.05) is 6.92 Å². The summed E-state index contributed by atoms with van der Waals surface area (Å²) >= 11 is 0. The Balaban J connectivity index is 2.64. The Bertz CT molecular complexity index is 536. The molecule has 0 aliphatic rings. The van der Waals surface area contributed by atoms with Crippen molar-refractivity contribution in [2.24, 2.45) is 0 Å². The summed E-state index contributed by atoms with van der Waals surface area (Å²) in [7, 11) is 0. The number of halogens is 1. The molecule has 1 aromatic heterocycles. The maximum Gasteiger partial charge on any atom is 0.330 e. The molecule has 0 amide bonds. The van der Waals surface area contributed by atoms with E-state index in [1.807, 2.05) is 4.98 Å². The summed E-state index contributed by atoms with van der Waals surface area (Å²) in [6.07, 6.45) is -0.0306. The van der Waals surface area contributed by atoms with Crippen molar-refractivity contribution in [2.45, 2.75) is 20.1 Å². The molecule has 0 aromatic carbocycles. The van der Waals surface area contributed by atoms with E-state index in [1.54, 1.807) is 0 Å². The van der Waals surface area contributed by atoms with E-state index in [0.717, 1.165) is 10.8 Å². The van der Waals surface area contributed by atoms with Crippen LogP contribution in [0.1, 0.15) is 20.1 Å². The first-order chi connectivity index (χ1) is 8.41. The highest BCUT2D eigenvalue weighted by atomic mass is 19.1. The molecule has 8 heteroatoms. The summed E-state index contributed by atoms with van der Waals surface area (Å²) < 4.78 is 23.6. The minimum atomic E-state index is -1.08. The molecule has 1 rings (SSSR count). The van der Waals surface area contributed by atoms with Crippen molar-refractivity contribution < 1.29 is 18.7 Å². The zero-order valence-electron chi connectivity index (χ0n) is 9.94. The second-order valence-electron chi connectivity index (χ2n) is 3.45. The standard InChI is InChI=1S/C10H13FN2O5/c1-6(17-3-4-18-7(2)14)13-5-8(11)9(15)12-10(13)16/h5-6H,3-4H2,1-2H3,(H,12,15,16). The van der Waals surface area contributed by atoms with Gasteiger partial charge in [0.2, 0.25) is 5.82 Å². The van der Waals surface area contributed by atoms with Crippen molar-refractivity contribution in [3.63, 3.8) is 0 Å². The molecular formula is C10H13FN2O5. The van der Waals surface area contributed by atoms with Crippen molar-refractivity contribution in [3.8, 4) is 0 Å². The lowest BCUT2D eigenvalue weighted by Crippen LogP contribution is -2.34. The van der Waals surface area contributed by atoms with E-state index in [9.17, 15) is 18.8 Å². The first-order valence-corrected chi connectivity index (χ1v) is 5.17. The molecule has 0 saturated carbocycles. The van der Waals surface area contributed by atoms with E-state index in [4.69, 9.17) is 4.74 Å². The Morgan fingerprint density at radius 2 is 2.17 bits per heavy atom. The lowest BCUT2D eigenvalue weighted by molar-refractivity contribution is -0.143. The highest BCUT2D eigenvalue weighted by Crippen LogP contribution is 2.03. The molecule has 1 N–H and O–H groups in total. The highest BCUT2D eigenvalue weighted by molar-refractivity contribution is 5.65. The minimum Gasteiger partial charge on any atom is -0.463 e. The summed E-state index contributed by atoms with van der Waals surface area (Å²) in [6.45, 7) is 2.83. The second kappa shape index (κ2) is 6.10. The first kappa shape index (κ1) is 14.1. The zero-order valence-corrected chi connectivity index (χ0v) is 9.94. The lowest BCUT2D eigenvalue weighted by Gasteiger charge is -2.15. The van der Waals surface area contributed by atoms with Crippen LogP contribution in [0.15, 0.2) is 15.8 Å². The Morgan fingerprint density at radius 3 is 2.78 bits per heavy atom. The number of carbonyl (C=O) groups is 1. The van der Waals surface area contributed by atoms with Gasteiger partial charge in [0.1, 0.15) is 12.8 Å². The number of hydrogen-bond donors (Lipinski definition) is 1. The van der Waals surface area contributed by atoms with Gasteiger partial charge < -0.3 is 9.47 Å². The fourth-order valence-corrected chi connectivity index (χ4v) is 1.22. The summed E-state index contributed by atoms with van der Waals surface area (Å²) in [5.74, 6) is -1.52. The molecule has 0 saturated heterocycles. The minimum absolute atomic E-state index is 0.0280. The van der Waals surface area contributed by atoms with Gasteiger partial charge in [0.05, 0.1) is 12.8 Å². The van der Waals surface area contributed by atoms with E-state index in [1.165, 1.54) is 13.8 Å². The summed E-state index contributed by atoms with van der Waals surface area (Å²) in [5, 5.41) is 0. The van der Waals surface area contributed by atoms with E-state index in [0.29, 0.717) is 0 Å². The first-order valence-electron chi connectivity index (χ1n) is 5.17. The average molecular weight is 260 g/mol. The van der Waals surface area contributed by atoms with E-state index in [-0.39, 0.29) is 13.2 Å². The van der Waals surface area contributed by atoms with E-state index < -0.39 is 29.3 Å². The average Bonchev–Trinajstić information content (AvgIpc) is 2.28. The Morgan fingerprint density at radius 1 is 1.50 bits per heavy atom. The quantitative estimate of drug-likeness (QED) is 0.583. The van der Waals surface area contributed by atoms with Gasteiger partial charge in [-0.25, -0.2) is 4.79 Å². The smallest absolute Gasteiger partial charge is 0.330 e. The number of hydrogen-bond acceptors (Lipinski definition) is 5. The van der Waals surface area contributed by atoms with Gasteiger partial charge in [0.25, 0.3) is 5.56 Å². The Kier molecular flexibility index (Phi) is 4.78. The third kappa shape index (κ3) is 3.81. The number of rotatable bonds is 5. The van der Waals surface area contributed by atoms with Gasteiger partial charge in [-0.1, -0.05) is 0 Å². The monoisotopic (exact) mass is 260 g/mol. The maximum atomic E-state index is 13.0. The number of aromatic nitrogens is 2. The number of H-pyrrole nitrogens is 1. The van der Waals surface area contributed by atoms with Gasteiger partial charge in [-0.05, 0) is 6.92 Å². The summed E-state index contributed by atoms with van der Waals surface area (Å²) in [5.41, 5.74) is -1.86. The number of carbonyl (C=O) groups excluding carboxylic acids is 1. The number of aromatic amines is 1. The number of esters is 1. The molecule has 18 heavy (non-hydrogen) atoms. The van der Waals surface area contributed by atoms with Gasteiger partial charge >= 0.3 is 11.7 Å². The third-order valence-electron chi connectivity index (χ3n) is 2.06. The maximum absolute atomic E-state index is 13.0. The molecular weight excluding hydrogens is 247 g/mol. The van der Waals surface area contributed by atoms with Crippen LogP contribution in [0.5, 0.6) is 0 Å². The Hall–Kier alpha value is -1.96. The molecule has 0 aliphatic heterocycles. The van der Waals surface area contributed by atoms with Crippen LogP contribution in [-0.2, 0) is 14.3 Å². The molecule has 1 atom stereocenters. The fourth-order valence-electron chi connectivity index (χ4n) is 1.22. The number of nitrogens with one attached hydrogen (secondary N) is 1. The zero-order chi connectivity index (χ0) is 13.7. The van der Waals surface area contributed by atoms with Gasteiger partial charge in [-0.2, -0.15) is 4.39 Å². The van der Waals surface area contributed by atoms with Crippen LogP contribution in [0.25, 0.3) is 0 Å². The topological polar surface area (TPSA) is 90.4 Å². The van der Waals surface area contributed by atoms with E-state index in [2.05, 4.69) is 4.74 Å². The van der Waals surface area contributed by atoms with Crippen LogP contribution in [0, 0.1) is 5.82 Å². The SMILES string of the molecule is CC(=O)OCCOC(C)n1cc(F)c(=O)[nH]c1=O. The fraction of sp³-hybridized carbons (Fsp3) is 0.500. The molecule has 0 spiro atoms. The summed E-state index contributed by atoms with van der Waals surface area (Å²) in [6, 6.07) is 0. The molecule has 0 fully saturated rings. The predicted octanol–water partition coefficient (Wildman–Crippen LogP) is -0.226.